The summed E-state index contributed by atoms with van der Waals surface area (Å²) in [6.07, 6.45) is 0.213. The van der Waals surface area contributed by atoms with E-state index in [-0.39, 0.29) is 35.4 Å². The van der Waals surface area contributed by atoms with E-state index in [1.807, 2.05) is 44.2 Å². The molecule has 1 unspecified atom stereocenters. The Hall–Kier alpha value is -3.56. The molecule has 0 spiro atoms. The Labute approximate surface area is 279 Å². The van der Waals surface area contributed by atoms with Gasteiger partial charge in [-0.3, -0.25) is 13.9 Å². The van der Waals surface area contributed by atoms with Crippen molar-refractivity contribution >= 4 is 62.3 Å². The fourth-order valence-electron chi connectivity index (χ4n) is 4.66. The monoisotopic (exact) mass is 685 g/mol. The highest BCUT2D eigenvalue weighted by molar-refractivity contribution is 7.92. The fourth-order valence-corrected chi connectivity index (χ4v) is 6.50. The molecule has 0 aliphatic heterocycles. The van der Waals surface area contributed by atoms with Crippen molar-refractivity contribution in [2.45, 2.75) is 37.8 Å². The third-order valence-electron chi connectivity index (χ3n) is 7.00. The zero-order valence-electron chi connectivity index (χ0n) is 24.9. The van der Waals surface area contributed by atoms with E-state index in [1.165, 1.54) is 35.2 Å². The Balaban J connectivity index is 1.79. The molecule has 0 radical (unpaired) electrons. The maximum atomic E-state index is 14.4. The maximum absolute atomic E-state index is 14.4. The molecule has 11 heteroatoms. The number of rotatable bonds is 13. The quantitative estimate of drug-likeness (QED) is 0.161. The van der Waals surface area contributed by atoms with Crippen LogP contribution in [0.5, 0.6) is 0 Å². The highest BCUT2D eigenvalue weighted by Gasteiger charge is 2.34. The van der Waals surface area contributed by atoms with E-state index in [2.05, 4.69) is 5.32 Å². The highest BCUT2D eigenvalue weighted by Crippen LogP contribution is 2.28. The summed E-state index contributed by atoms with van der Waals surface area (Å²) in [5, 5.41) is 4.15. The van der Waals surface area contributed by atoms with Crippen LogP contribution in [0, 0.1) is 5.92 Å². The standard InChI is InChI=1S/C34H34Cl3N3O4S/c1-24(2)21-38-34(42)32(19-25-7-4-3-5-8-25)39(22-26-11-13-27(35)14-12-26)33(41)23-40(30-10-6-9-29(37)20-30)45(43,44)31-17-15-28(36)16-18-31/h3-18,20,24,32H,19,21-23H2,1-2H3,(H,38,42). The topological polar surface area (TPSA) is 86.8 Å². The van der Waals surface area contributed by atoms with Crippen molar-refractivity contribution in [3.05, 3.63) is 129 Å². The molecule has 0 heterocycles. The van der Waals surface area contributed by atoms with Gasteiger partial charge in [0.2, 0.25) is 11.8 Å². The molecule has 2 amide bonds. The molecule has 0 fully saturated rings. The van der Waals surface area contributed by atoms with Crippen LogP contribution in [0.2, 0.25) is 15.1 Å². The van der Waals surface area contributed by atoms with Crippen LogP contribution < -0.4 is 9.62 Å². The van der Waals surface area contributed by atoms with Gasteiger partial charge >= 0.3 is 0 Å². The number of nitrogens with zero attached hydrogens (tertiary/aromatic N) is 2. The van der Waals surface area contributed by atoms with Crippen molar-refractivity contribution in [2.24, 2.45) is 5.92 Å². The first kappa shape index (κ1) is 34.3. The number of hydrogen-bond acceptors (Lipinski definition) is 4. The minimum Gasteiger partial charge on any atom is -0.354 e. The number of carbonyl (C=O) groups excluding carboxylic acids is 2. The molecule has 0 bridgehead atoms. The Morgan fingerprint density at radius 1 is 0.756 bits per heavy atom. The molecular formula is C34H34Cl3N3O4S. The number of sulfonamides is 1. The second kappa shape index (κ2) is 15.6. The molecule has 7 nitrogen and oxygen atoms in total. The summed E-state index contributed by atoms with van der Waals surface area (Å²) in [5.41, 5.74) is 1.76. The summed E-state index contributed by atoms with van der Waals surface area (Å²) in [4.78, 5) is 29.6. The van der Waals surface area contributed by atoms with Gasteiger partial charge in [0.05, 0.1) is 10.6 Å². The van der Waals surface area contributed by atoms with E-state index in [9.17, 15) is 18.0 Å². The molecular weight excluding hydrogens is 653 g/mol. The van der Waals surface area contributed by atoms with Crippen molar-refractivity contribution in [3.63, 3.8) is 0 Å². The zero-order chi connectivity index (χ0) is 32.6. The van der Waals surface area contributed by atoms with Gasteiger partial charge in [0.25, 0.3) is 10.0 Å². The predicted octanol–water partition coefficient (Wildman–Crippen LogP) is 7.25. The van der Waals surface area contributed by atoms with Crippen molar-refractivity contribution in [1.29, 1.82) is 0 Å². The summed E-state index contributed by atoms with van der Waals surface area (Å²) in [5.74, 6) is -0.748. The lowest BCUT2D eigenvalue weighted by molar-refractivity contribution is -0.140. The van der Waals surface area contributed by atoms with Crippen molar-refractivity contribution in [3.8, 4) is 0 Å². The Morgan fingerprint density at radius 3 is 1.98 bits per heavy atom. The van der Waals surface area contributed by atoms with Gasteiger partial charge < -0.3 is 10.2 Å². The average molecular weight is 687 g/mol. The molecule has 0 aliphatic rings. The van der Waals surface area contributed by atoms with Gasteiger partial charge in [-0.2, -0.15) is 0 Å². The van der Waals surface area contributed by atoms with Crippen molar-refractivity contribution in [2.75, 3.05) is 17.4 Å². The first-order valence-corrected chi connectivity index (χ1v) is 16.9. The van der Waals surface area contributed by atoms with Crippen LogP contribution in [-0.2, 0) is 32.6 Å². The third-order valence-corrected chi connectivity index (χ3v) is 9.53. The lowest BCUT2D eigenvalue weighted by Gasteiger charge is -2.34. The Kier molecular flexibility index (Phi) is 11.9. The van der Waals surface area contributed by atoms with Crippen LogP contribution in [0.25, 0.3) is 0 Å². The lowest BCUT2D eigenvalue weighted by Crippen LogP contribution is -2.53. The number of benzene rings is 4. The normalized spacial score (nSPS) is 12.0. The van der Waals surface area contributed by atoms with E-state index < -0.39 is 28.5 Å². The first-order chi connectivity index (χ1) is 21.4. The minimum absolute atomic E-state index is 0.0347. The molecule has 236 valence electrons. The van der Waals surface area contributed by atoms with Gasteiger partial charge in [-0.25, -0.2) is 8.42 Å². The smallest absolute Gasteiger partial charge is 0.264 e. The first-order valence-electron chi connectivity index (χ1n) is 14.3. The summed E-state index contributed by atoms with van der Waals surface area (Å²) in [6.45, 7) is 3.81. The fraction of sp³-hybridized carbons (Fsp3) is 0.235. The van der Waals surface area contributed by atoms with Crippen LogP contribution in [0.4, 0.5) is 5.69 Å². The maximum Gasteiger partial charge on any atom is 0.264 e. The van der Waals surface area contributed by atoms with Gasteiger partial charge in [0.15, 0.2) is 0 Å². The summed E-state index contributed by atoms with van der Waals surface area (Å²) in [7, 11) is -4.27. The molecule has 4 aromatic rings. The van der Waals surface area contributed by atoms with Gasteiger partial charge in [-0.1, -0.05) is 97.2 Å². The van der Waals surface area contributed by atoms with E-state index in [0.29, 0.717) is 21.6 Å². The number of anilines is 1. The van der Waals surface area contributed by atoms with Crippen LogP contribution in [0.1, 0.15) is 25.0 Å². The molecule has 0 saturated heterocycles. The Bertz CT molecular complexity index is 1700. The largest absolute Gasteiger partial charge is 0.354 e. The zero-order valence-corrected chi connectivity index (χ0v) is 28.0. The van der Waals surface area contributed by atoms with Gasteiger partial charge in [-0.05, 0) is 71.6 Å². The van der Waals surface area contributed by atoms with E-state index in [1.54, 1.807) is 42.5 Å². The SMILES string of the molecule is CC(C)CNC(=O)C(Cc1ccccc1)N(Cc1ccc(Cl)cc1)C(=O)CN(c1cccc(Cl)c1)S(=O)(=O)c1ccc(Cl)cc1. The number of halogens is 3. The predicted molar refractivity (Wildman–Crippen MR) is 181 cm³/mol. The summed E-state index contributed by atoms with van der Waals surface area (Å²) >= 11 is 18.4. The molecule has 0 saturated carbocycles. The minimum atomic E-state index is -4.27. The van der Waals surface area contributed by atoms with Crippen LogP contribution in [-0.4, -0.2) is 44.3 Å². The number of carbonyl (C=O) groups is 2. The van der Waals surface area contributed by atoms with E-state index >= 15 is 0 Å². The van der Waals surface area contributed by atoms with E-state index in [4.69, 9.17) is 34.8 Å². The summed E-state index contributed by atoms with van der Waals surface area (Å²) < 4.78 is 29.1. The second-order valence-corrected chi connectivity index (χ2v) is 14.1. The molecule has 0 aliphatic carbocycles. The van der Waals surface area contributed by atoms with Gasteiger partial charge in [0, 0.05) is 34.6 Å². The Morgan fingerprint density at radius 2 is 1.38 bits per heavy atom. The van der Waals surface area contributed by atoms with Crippen molar-refractivity contribution < 1.29 is 18.0 Å². The van der Waals surface area contributed by atoms with Crippen LogP contribution in [0.3, 0.4) is 0 Å². The molecule has 4 rings (SSSR count). The van der Waals surface area contributed by atoms with E-state index in [0.717, 1.165) is 15.4 Å². The molecule has 0 aromatic heterocycles. The van der Waals surface area contributed by atoms with Gasteiger partial charge in [-0.15, -0.1) is 0 Å². The second-order valence-electron chi connectivity index (χ2n) is 10.9. The third kappa shape index (κ3) is 9.47. The number of nitrogens with one attached hydrogen (secondary N) is 1. The lowest BCUT2D eigenvalue weighted by atomic mass is 10.0. The summed E-state index contributed by atoms with van der Waals surface area (Å²) in [6, 6.07) is 27.3. The highest BCUT2D eigenvalue weighted by atomic mass is 35.5. The van der Waals surface area contributed by atoms with Gasteiger partial charge in [0.1, 0.15) is 12.6 Å². The molecule has 4 aromatic carbocycles. The molecule has 45 heavy (non-hydrogen) atoms. The number of hydrogen-bond donors (Lipinski definition) is 1. The van der Waals surface area contributed by atoms with Crippen molar-refractivity contribution in [1.82, 2.24) is 10.2 Å². The number of amides is 2. The molecule has 1 atom stereocenters. The van der Waals surface area contributed by atoms with Crippen LogP contribution >= 0.6 is 34.8 Å². The average Bonchev–Trinajstić information content (AvgIpc) is 3.01. The molecule has 1 N–H and O–H groups in total. The van der Waals surface area contributed by atoms with Crippen LogP contribution in [0.15, 0.2) is 108 Å².